The molecule has 0 bridgehead atoms. The lowest BCUT2D eigenvalue weighted by Crippen LogP contribution is -2.31. The molecular weight excluding hydrogens is 278 g/mol. The molecule has 1 aromatic heterocycles. The van der Waals surface area contributed by atoms with Crippen LogP contribution in [0.15, 0.2) is 0 Å². The summed E-state index contributed by atoms with van der Waals surface area (Å²) in [6.07, 6.45) is 5.49. The van der Waals surface area contributed by atoms with E-state index in [1.165, 1.54) is 24.1 Å². The van der Waals surface area contributed by atoms with Gasteiger partial charge in [0.2, 0.25) is 0 Å². The Bertz CT molecular complexity index is 465. The molecule has 0 saturated carbocycles. The van der Waals surface area contributed by atoms with Gasteiger partial charge in [-0.2, -0.15) is 0 Å². The summed E-state index contributed by atoms with van der Waals surface area (Å²) in [6.45, 7) is 8.25. The predicted molar refractivity (Wildman–Crippen MR) is 88.4 cm³/mol. The Morgan fingerprint density at radius 3 is 2.82 bits per heavy atom. The number of rotatable bonds is 9. The van der Waals surface area contributed by atoms with Crippen LogP contribution in [0.4, 0.5) is 5.82 Å². The van der Waals surface area contributed by atoms with E-state index in [0.717, 1.165) is 50.6 Å². The molecule has 1 aromatic rings. The maximum Gasteiger partial charge on any atom is 0.138 e. The molecule has 0 aromatic carbocycles. The summed E-state index contributed by atoms with van der Waals surface area (Å²) in [5.74, 6) is 2.04. The SMILES string of the molecule is CCCCCc1nc2c(c(N(CC)CCOC)n1)COCC2. The molecule has 1 aliphatic heterocycles. The highest BCUT2D eigenvalue weighted by Crippen LogP contribution is 2.26. The molecule has 0 saturated heterocycles. The molecule has 22 heavy (non-hydrogen) atoms. The third kappa shape index (κ3) is 4.40. The van der Waals surface area contributed by atoms with Gasteiger partial charge in [-0.05, 0) is 13.3 Å². The van der Waals surface area contributed by atoms with Crippen LogP contribution in [0.1, 0.15) is 50.2 Å². The van der Waals surface area contributed by atoms with E-state index in [1.807, 2.05) is 0 Å². The summed E-state index contributed by atoms with van der Waals surface area (Å²) >= 11 is 0. The number of nitrogens with zero attached hydrogens (tertiary/aromatic N) is 3. The van der Waals surface area contributed by atoms with E-state index in [2.05, 4.69) is 18.7 Å². The molecule has 0 atom stereocenters. The number of aromatic nitrogens is 2. The molecule has 0 spiro atoms. The zero-order chi connectivity index (χ0) is 15.8. The van der Waals surface area contributed by atoms with Gasteiger partial charge in [-0.25, -0.2) is 9.97 Å². The van der Waals surface area contributed by atoms with Gasteiger partial charge in [0.1, 0.15) is 11.6 Å². The fourth-order valence-electron chi connectivity index (χ4n) is 2.79. The number of hydrogen-bond donors (Lipinski definition) is 0. The molecule has 2 rings (SSSR count). The van der Waals surface area contributed by atoms with Gasteiger partial charge in [-0.3, -0.25) is 0 Å². The van der Waals surface area contributed by atoms with Gasteiger partial charge in [-0.1, -0.05) is 19.8 Å². The van der Waals surface area contributed by atoms with Gasteiger partial charge >= 0.3 is 0 Å². The van der Waals surface area contributed by atoms with E-state index in [4.69, 9.17) is 19.4 Å². The Balaban J connectivity index is 2.25. The molecule has 0 aliphatic carbocycles. The van der Waals surface area contributed by atoms with Crippen LogP contribution in [0.5, 0.6) is 0 Å². The second kappa shape index (κ2) is 9.06. The number of ether oxygens (including phenoxy) is 2. The standard InChI is InChI=1S/C17H29N3O2/c1-4-6-7-8-16-18-15-9-11-22-13-14(15)17(19-16)20(5-2)10-12-21-3/h4-13H2,1-3H3. The average Bonchev–Trinajstić information content (AvgIpc) is 2.55. The number of aryl methyl sites for hydroxylation is 1. The average molecular weight is 307 g/mol. The smallest absolute Gasteiger partial charge is 0.138 e. The Morgan fingerprint density at radius 1 is 1.23 bits per heavy atom. The second-order valence-corrected chi connectivity index (χ2v) is 5.72. The molecule has 2 heterocycles. The molecule has 0 fully saturated rings. The van der Waals surface area contributed by atoms with Crippen molar-refractivity contribution in [1.82, 2.24) is 9.97 Å². The van der Waals surface area contributed by atoms with Gasteiger partial charge in [0.05, 0.1) is 25.5 Å². The minimum Gasteiger partial charge on any atom is -0.383 e. The number of anilines is 1. The Morgan fingerprint density at radius 2 is 2.09 bits per heavy atom. The molecule has 0 radical (unpaired) electrons. The lowest BCUT2D eigenvalue weighted by molar-refractivity contribution is 0.109. The molecule has 5 heteroatoms. The first-order chi connectivity index (χ1) is 10.8. The summed E-state index contributed by atoms with van der Waals surface area (Å²) in [4.78, 5) is 11.9. The minimum atomic E-state index is 0.628. The first-order valence-electron chi connectivity index (χ1n) is 8.50. The van der Waals surface area contributed by atoms with E-state index in [0.29, 0.717) is 13.2 Å². The number of methoxy groups -OCH3 is 1. The molecule has 0 amide bonds. The van der Waals surface area contributed by atoms with Crippen molar-refractivity contribution in [3.05, 3.63) is 17.1 Å². The first kappa shape index (κ1) is 17.2. The van der Waals surface area contributed by atoms with Gasteiger partial charge in [0, 0.05) is 38.6 Å². The van der Waals surface area contributed by atoms with Crippen molar-refractivity contribution in [2.75, 3.05) is 38.3 Å². The molecule has 0 unspecified atom stereocenters. The topological polar surface area (TPSA) is 47.5 Å². The van der Waals surface area contributed by atoms with Crippen molar-refractivity contribution in [1.29, 1.82) is 0 Å². The van der Waals surface area contributed by atoms with E-state index >= 15 is 0 Å². The fourth-order valence-corrected chi connectivity index (χ4v) is 2.79. The van der Waals surface area contributed by atoms with E-state index in [-0.39, 0.29) is 0 Å². The van der Waals surface area contributed by atoms with Crippen molar-refractivity contribution < 1.29 is 9.47 Å². The number of hydrogen-bond acceptors (Lipinski definition) is 5. The van der Waals surface area contributed by atoms with Crippen LogP contribution >= 0.6 is 0 Å². The second-order valence-electron chi connectivity index (χ2n) is 5.72. The molecule has 124 valence electrons. The lowest BCUT2D eigenvalue weighted by atomic mass is 10.1. The highest BCUT2D eigenvalue weighted by atomic mass is 16.5. The highest BCUT2D eigenvalue weighted by molar-refractivity contribution is 5.49. The molecule has 0 N–H and O–H groups in total. The van der Waals surface area contributed by atoms with Crippen LogP contribution in [-0.4, -0.2) is 43.4 Å². The summed E-state index contributed by atoms with van der Waals surface area (Å²) < 4.78 is 10.9. The maximum atomic E-state index is 5.64. The van der Waals surface area contributed by atoms with Crippen molar-refractivity contribution in [2.45, 2.75) is 52.6 Å². The van der Waals surface area contributed by atoms with Crippen molar-refractivity contribution in [3.8, 4) is 0 Å². The summed E-state index contributed by atoms with van der Waals surface area (Å²) in [5, 5.41) is 0. The van der Waals surface area contributed by atoms with Crippen molar-refractivity contribution in [3.63, 3.8) is 0 Å². The number of unbranched alkanes of at least 4 members (excludes halogenated alkanes) is 2. The van der Waals surface area contributed by atoms with Gasteiger partial charge in [0.15, 0.2) is 0 Å². The molecular formula is C17H29N3O2. The molecule has 5 nitrogen and oxygen atoms in total. The predicted octanol–water partition coefficient (Wildman–Crippen LogP) is 2.75. The van der Waals surface area contributed by atoms with Gasteiger partial charge in [-0.15, -0.1) is 0 Å². The Labute approximate surface area is 134 Å². The van der Waals surface area contributed by atoms with E-state index < -0.39 is 0 Å². The monoisotopic (exact) mass is 307 g/mol. The van der Waals surface area contributed by atoms with Crippen molar-refractivity contribution in [2.24, 2.45) is 0 Å². The quantitative estimate of drug-likeness (QED) is 0.657. The normalized spacial score (nSPS) is 14.0. The van der Waals surface area contributed by atoms with Crippen LogP contribution in [0, 0.1) is 0 Å². The minimum absolute atomic E-state index is 0.628. The fraction of sp³-hybridized carbons (Fsp3) is 0.765. The van der Waals surface area contributed by atoms with Crippen molar-refractivity contribution >= 4 is 5.82 Å². The van der Waals surface area contributed by atoms with Crippen LogP contribution in [0.2, 0.25) is 0 Å². The number of fused-ring (bicyclic) bond motifs is 1. The largest absolute Gasteiger partial charge is 0.383 e. The summed E-state index contributed by atoms with van der Waals surface area (Å²) in [7, 11) is 1.74. The van der Waals surface area contributed by atoms with Crippen LogP contribution in [-0.2, 0) is 28.9 Å². The first-order valence-corrected chi connectivity index (χ1v) is 8.50. The third-order valence-corrected chi connectivity index (χ3v) is 4.10. The van der Waals surface area contributed by atoms with E-state index in [1.54, 1.807) is 7.11 Å². The molecule has 1 aliphatic rings. The zero-order valence-electron chi connectivity index (χ0n) is 14.2. The van der Waals surface area contributed by atoms with Crippen LogP contribution < -0.4 is 4.90 Å². The maximum absolute atomic E-state index is 5.64. The number of likely N-dealkylation sites (N-methyl/N-ethyl adjacent to an activating group) is 1. The van der Waals surface area contributed by atoms with Crippen LogP contribution in [0.25, 0.3) is 0 Å². The summed E-state index contributed by atoms with van der Waals surface area (Å²) in [6, 6.07) is 0. The lowest BCUT2D eigenvalue weighted by Gasteiger charge is -2.27. The van der Waals surface area contributed by atoms with Gasteiger partial charge in [0.25, 0.3) is 0 Å². The third-order valence-electron chi connectivity index (χ3n) is 4.10. The Kier molecular flexibility index (Phi) is 7.06. The van der Waals surface area contributed by atoms with E-state index in [9.17, 15) is 0 Å². The van der Waals surface area contributed by atoms with Crippen LogP contribution in [0.3, 0.4) is 0 Å². The van der Waals surface area contributed by atoms with Gasteiger partial charge < -0.3 is 14.4 Å². The highest BCUT2D eigenvalue weighted by Gasteiger charge is 2.21. The summed E-state index contributed by atoms with van der Waals surface area (Å²) in [5.41, 5.74) is 2.35. The Hall–Kier alpha value is -1.20. The zero-order valence-corrected chi connectivity index (χ0v) is 14.2.